The Morgan fingerprint density at radius 3 is 2.09 bits per heavy atom. The van der Waals surface area contributed by atoms with E-state index in [9.17, 15) is 4.79 Å². The highest BCUT2D eigenvalue weighted by Gasteiger charge is 2.12. The molecule has 9 heteroatoms. The number of methoxy groups -OCH3 is 2. The van der Waals surface area contributed by atoms with E-state index < -0.39 is 0 Å². The zero-order valence-corrected chi connectivity index (χ0v) is 20.4. The Morgan fingerprint density at radius 1 is 0.882 bits per heavy atom. The van der Waals surface area contributed by atoms with Gasteiger partial charge in [0.25, 0.3) is 5.91 Å². The van der Waals surface area contributed by atoms with Crippen LogP contribution in [0.5, 0.6) is 23.0 Å². The van der Waals surface area contributed by atoms with E-state index in [4.69, 9.17) is 42.8 Å². The standard InChI is InChI=1S/C25H25ClN2O5S/c1-30-22-14-18(21(26)15-23(22)31-2)16-27-25(34)28-24(29)17-8-10-20(11-9-17)33-13-12-32-19-6-4-3-5-7-19/h3-11,14-15H,12-13,16H2,1-2H3,(H2,27,28,29,34). The number of hydrogen-bond donors (Lipinski definition) is 2. The second-order valence-corrected chi connectivity index (χ2v) is 7.79. The molecular weight excluding hydrogens is 476 g/mol. The van der Waals surface area contributed by atoms with Gasteiger partial charge in [-0.05, 0) is 60.2 Å². The number of carbonyl (C=O) groups excluding carboxylic acids is 1. The summed E-state index contributed by atoms with van der Waals surface area (Å²) in [4.78, 5) is 12.5. The molecule has 0 unspecified atom stereocenters. The van der Waals surface area contributed by atoms with Crippen LogP contribution in [-0.2, 0) is 6.54 Å². The van der Waals surface area contributed by atoms with Gasteiger partial charge in [0.15, 0.2) is 16.6 Å². The van der Waals surface area contributed by atoms with Crippen LogP contribution in [0.15, 0.2) is 66.7 Å². The maximum absolute atomic E-state index is 12.5. The highest BCUT2D eigenvalue weighted by Crippen LogP contribution is 2.32. The minimum Gasteiger partial charge on any atom is -0.493 e. The van der Waals surface area contributed by atoms with Crippen molar-refractivity contribution in [3.05, 3.63) is 82.9 Å². The average Bonchev–Trinajstić information content (AvgIpc) is 2.86. The second-order valence-electron chi connectivity index (χ2n) is 6.97. The summed E-state index contributed by atoms with van der Waals surface area (Å²) < 4.78 is 21.8. The van der Waals surface area contributed by atoms with Crippen LogP contribution in [0.25, 0.3) is 0 Å². The molecule has 3 rings (SSSR count). The fourth-order valence-electron chi connectivity index (χ4n) is 2.97. The van der Waals surface area contributed by atoms with E-state index in [1.54, 1.807) is 43.5 Å². The highest BCUT2D eigenvalue weighted by atomic mass is 35.5. The van der Waals surface area contributed by atoms with Gasteiger partial charge < -0.3 is 24.3 Å². The van der Waals surface area contributed by atoms with Crippen molar-refractivity contribution in [2.24, 2.45) is 0 Å². The second kappa shape index (κ2) is 12.7. The molecule has 0 aliphatic carbocycles. The van der Waals surface area contributed by atoms with Gasteiger partial charge in [-0.3, -0.25) is 10.1 Å². The van der Waals surface area contributed by atoms with Crippen molar-refractivity contribution in [3.63, 3.8) is 0 Å². The molecule has 0 saturated carbocycles. The monoisotopic (exact) mass is 500 g/mol. The Morgan fingerprint density at radius 2 is 1.47 bits per heavy atom. The maximum atomic E-state index is 12.5. The summed E-state index contributed by atoms with van der Waals surface area (Å²) in [5, 5.41) is 6.28. The summed E-state index contributed by atoms with van der Waals surface area (Å²) >= 11 is 11.5. The zero-order chi connectivity index (χ0) is 24.3. The number of amides is 1. The van der Waals surface area contributed by atoms with Crippen LogP contribution in [0.3, 0.4) is 0 Å². The van der Waals surface area contributed by atoms with Gasteiger partial charge in [0.2, 0.25) is 0 Å². The third-order valence-electron chi connectivity index (χ3n) is 4.70. The molecule has 1 amide bonds. The topological polar surface area (TPSA) is 78.1 Å². The number of halogens is 1. The van der Waals surface area contributed by atoms with Crippen molar-refractivity contribution in [3.8, 4) is 23.0 Å². The predicted octanol–water partition coefficient (Wildman–Crippen LogP) is 4.62. The van der Waals surface area contributed by atoms with Crippen LogP contribution < -0.4 is 29.6 Å². The summed E-state index contributed by atoms with van der Waals surface area (Å²) in [7, 11) is 3.08. The molecule has 0 saturated heterocycles. The number of hydrogen-bond acceptors (Lipinski definition) is 6. The minimum atomic E-state index is -0.338. The summed E-state index contributed by atoms with van der Waals surface area (Å²) in [5.74, 6) is 2.17. The molecule has 0 radical (unpaired) electrons. The quantitative estimate of drug-likeness (QED) is 0.310. The molecule has 0 aromatic heterocycles. The van der Waals surface area contributed by atoms with E-state index in [2.05, 4.69) is 10.6 Å². The van der Waals surface area contributed by atoms with E-state index >= 15 is 0 Å². The lowest BCUT2D eigenvalue weighted by Crippen LogP contribution is -2.38. The van der Waals surface area contributed by atoms with Gasteiger partial charge in [-0.25, -0.2) is 0 Å². The number of nitrogens with one attached hydrogen (secondary N) is 2. The van der Waals surface area contributed by atoms with E-state index in [0.717, 1.165) is 11.3 Å². The lowest BCUT2D eigenvalue weighted by molar-refractivity contribution is 0.0976. The average molecular weight is 501 g/mol. The molecule has 3 aromatic carbocycles. The molecule has 178 valence electrons. The van der Waals surface area contributed by atoms with Gasteiger partial charge in [0, 0.05) is 23.2 Å². The van der Waals surface area contributed by atoms with E-state index in [1.165, 1.54) is 7.11 Å². The Bertz CT molecular complexity index is 1110. The summed E-state index contributed by atoms with van der Waals surface area (Å²) in [6, 6.07) is 19.7. The van der Waals surface area contributed by atoms with Crippen molar-refractivity contribution in [1.29, 1.82) is 0 Å². The first-order valence-electron chi connectivity index (χ1n) is 10.4. The number of rotatable bonds is 10. The van der Waals surface area contributed by atoms with E-state index in [-0.39, 0.29) is 11.0 Å². The fraction of sp³-hybridized carbons (Fsp3) is 0.200. The van der Waals surface area contributed by atoms with Crippen molar-refractivity contribution in [2.45, 2.75) is 6.54 Å². The van der Waals surface area contributed by atoms with E-state index in [0.29, 0.717) is 47.6 Å². The first-order chi connectivity index (χ1) is 16.5. The Hall–Kier alpha value is -3.49. The van der Waals surface area contributed by atoms with Crippen LogP contribution in [0.2, 0.25) is 5.02 Å². The number of carbonyl (C=O) groups is 1. The molecule has 0 aliphatic rings. The minimum absolute atomic E-state index is 0.175. The number of ether oxygens (including phenoxy) is 4. The van der Waals surface area contributed by atoms with Gasteiger partial charge in [0.1, 0.15) is 24.7 Å². The number of benzene rings is 3. The summed E-state index contributed by atoms with van der Waals surface area (Å²) in [6.07, 6.45) is 0. The first-order valence-corrected chi connectivity index (χ1v) is 11.2. The van der Waals surface area contributed by atoms with Crippen molar-refractivity contribution in [2.75, 3.05) is 27.4 Å². The summed E-state index contributed by atoms with van der Waals surface area (Å²) in [6.45, 7) is 1.10. The largest absolute Gasteiger partial charge is 0.493 e. The van der Waals surface area contributed by atoms with Crippen molar-refractivity contribution in [1.82, 2.24) is 10.6 Å². The summed E-state index contributed by atoms with van der Waals surface area (Å²) in [5.41, 5.74) is 1.19. The molecule has 3 aromatic rings. The maximum Gasteiger partial charge on any atom is 0.257 e. The lowest BCUT2D eigenvalue weighted by Gasteiger charge is -2.14. The van der Waals surface area contributed by atoms with Crippen LogP contribution in [-0.4, -0.2) is 38.5 Å². The molecule has 34 heavy (non-hydrogen) atoms. The number of thiocarbonyl (C=S) groups is 1. The van der Waals surface area contributed by atoms with Gasteiger partial charge in [0.05, 0.1) is 14.2 Å². The SMILES string of the molecule is COc1cc(Cl)c(CNC(=S)NC(=O)c2ccc(OCCOc3ccccc3)cc2)cc1OC. The van der Waals surface area contributed by atoms with E-state index in [1.807, 2.05) is 30.3 Å². The Labute approximate surface area is 208 Å². The van der Waals surface area contributed by atoms with Crippen LogP contribution >= 0.6 is 23.8 Å². The highest BCUT2D eigenvalue weighted by molar-refractivity contribution is 7.80. The Kier molecular flexibility index (Phi) is 9.37. The fourth-order valence-corrected chi connectivity index (χ4v) is 3.35. The molecule has 2 N–H and O–H groups in total. The zero-order valence-electron chi connectivity index (χ0n) is 18.8. The van der Waals surface area contributed by atoms with Gasteiger partial charge in [-0.1, -0.05) is 29.8 Å². The van der Waals surface area contributed by atoms with Gasteiger partial charge in [-0.15, -0.1) is 0 Å². The van der Waals surface area contributed by atoms with Crippen molar-refractivity contribution >= 4 is 34.8 Å². The molecule has 0 spiro atoms. The van der Waals surface area contributed by atoms with Gasteiger partial charge >= 0.3 is 0 Å². The predicted molar refractivity (Wildman–Crippen MR) is 135 cm³/mol. The third-order valence-corrected chi connectivity index (χ3v) is 5.30. The molecule has 0 aliphatic heterocycles. The molecule has 0 heterocycles. The van der Waals surface area contributed by atoms with Gasteiger partial charge in [-0.2, -0.15) is 0 Å². The molecule has 0 atom stereocenters. The molecule has 0 fully saturated rings. The number of para-hydroxylation sites is 1. The van der Waals surface area contributed by atoms with Crippen molar-refractivity contribution < 1.29 is 23.7 Å². The van der Waals surface area contributed by atoms with Crippen LogP contribution in [0.1, 0.15) is 15.9 Å². The van der Waals surface area contributed by atoms with Crippen LogP contribution in [0.4, 0.5) is 0 Å². The smallest absolute Gasteiger partial charge is 0.257 e. The normalized spacial score (nSPS) is 10.2. The molecular formula is C25H25ClN2O5S. The molecule has 7 nitrogen and oxygen atoms in total. The lowest BCUT2D eigenvalue weighted by atomic mass is 10.2. The van der Waals surface area contributed by atoms with Crippen LogP contribution in [0, 0.1) is 0 Å². The first kappa shape index (κ1) is 25.1. The Balaban J connectivity index is 1.44. The third kappa shape index (κ3) is 7.26. The molecule has 0 bridgehead atoms.